The zero-order valence-electron chi connectivity index (χ0n) is 12.3. The van der Waals surface area contributed by atoms with E-state index in [4.69, 9.17) is 0 Å². The molecule has 0 aliphatic heterocycles. The Morgan fingerprint density at radius 2 is 1.86 bits per heavy atom. The molecule has 0 spiro atoms. The van der Waals surface area contributed by atoms with E-state index in [9.17, 15) is 9.18 Å². The molecule has 7 heteroatoms. The molecule has 0 bridgehead atoms. The first-order valence-corrected chi connectivity index (χ1v) is 6.57. The van der Waals surface area contributed by atoms with Crippen molar-refractivity contribution in [2.45, 2.75) is 26.9 Å². The van der Waals surface area contributed by atoms with Crippen molar-refractivity contribution in [2.75, 3.05) is 0 Å². The maximum Gasteiger partial charge on any atom is 0.315 e. The number of carbonyl (C=O) groups is 1. The molecule has 2 rings (SSSR count). The predicted octanol–water partition coefficient (Wildman–Crippen LogP) is 1.57. The van der Waals surface area contributed by atoms with Crippen molar-refractivity contribution < 1.29 is 9.18 Å². The van der Waals surface area contributed by atoms with Crippen LogP contribution in [0.3, 0.4) is 0 Å². The van der Waals surface area contributed by atoms with Crippen molar-refractivity contribution in [1.29, 1.82) is 0 Å². The number of nitrogens with one attached hydrogen (secondary N) is 2. The molecule has 0 atom stereocenters. The highest BCUT2D eigenvalue weighted by Gasteiger charge is 2.07. The highest BCUT2D eigenvalue weighted by atomic mass is 19.1. The van der Waals surface area contributed by atoms with Gasteiger partial charge in [-0.25, -0.2) is 14.2 Å². The van der Waals surface area contributed by atoms with E-state index < -0.39 is 0 Å². The Labute approximate surface area is 122 Å². The number of halogens is 1. The lowest BCUT2D eigenvalue weighted by Crippen LogP contribution is -2.35. The second-order valence-electron chi connectivity index (χ2n) is 4.88. The first-order valence-electron chi connectivity index (χ1n) is 6.57. The van der Waals surface area contributed by atoms with E-state index in [2.05, 4.69) is 20.7 Å². The van der Waals surface area contributed by atoms with E-state index >= 15 is 0 Å². The first kappa shape index (κ1) is 15.0. The van der Waals surface area contributed by atoms with Gasteiger partial charge in [0.2, 0.25) is 0 Å². The maximum atomic E-state index is 13.5. The Bertz CT molecular complexity index is 630. The van der Waals surface area contributed by atoms with Gasteiger partial charge in [0.25, 0.3) is 0 Å². The molecule has 0 radical (unpaired) electrons. The lowest BCUT2D eigenvalue weighted by molar-refractivity contribution is 0.239. The number of aryl methyl sites for hydroxylation is 3. The van der Waals surface area contributed by atoms with E-state index in [-0.39, 0.29) is 11.8 Å². The SMILES string of the molecule is Cc1cc(CNC(=O)NCc2ncnn2C)cc(C)c1F. The highest BCUT2D eigenvalue weighted by molar-refractivity contribution is 5.73. The number of nitrogens with zero attached hydrogens (tertiary/aromatic N) is 3. The lowest BCUT2D eigenvalue weighted by Gasteiger charge is -2.09. The Morgan fingerprint density at radius 3 is 2.43 bits per heavy atom. The summed E-state index contributed by atoms with van der Waals surface area (Å²) >= 11 is 0. The standard InChI is InChI=1S/C14H18FN5O/c1-9-4-11(5-10(2)13(9)15)6-16-14(21)17-7-12-18-8-19-20(12)3/h4-5,8H,6-7H2,1-3H3,(H2,16,17,21). The number of urea groups is 1. The van der Waals surface area contributed by atoms with Crippen LogP contribution < -0.4 is 10.6 Å². The van der Waals surface area contributed by atoms with Gasteiger partial charge in [0.1, 0.15) is 18.0 Å². The molecule has 21 heavy (non-hydrogen) atoms. The Morgan fingerprint density at radius 1 is 1.24 bits per heavy atom. The number of amides is 2. The number of benzene rings is 1. The predicted molar refractivity (Wildman–Crippen MR) is 76.0 cm³/mol. The minimum absolute atomic E-state index is 0.203. The van der Waals surface area contributed by atoms with Crippen LogP contribution in [0, 0.1) is 19.7 Å². The largest absolute Gasteiger partial charge is 0.334 e. The average molecular weight is 291 g/mol. The van der Waals surface area contributed by atoms with Crippen LogP contribution in [0.5, 0.6) is 0 Å². The highest BCUT2D eigenvalue weighted by Crippen LogP contribution is 2.14. The second kappa shape index (κ2) is 6.34. The molecule has 0 aliphatic rings. The second-order valence-corrected chi connectivity index (χ2v) is 4.88. The third-order valence-electron chi connectivity index (χ3n) is 3.16. The first-order chi connectivity index (χ1) is 9.97. The van der Waals surface area contributed by atoms with Crippen LogP contribution >= 0.6 is 0 Å². The summed E-state index contributed by atoms with van der Waals surface area (Å²) in [5.74, 6) is 0.462. The number of aromatic nitrogens is 3. The summed E-state index contributed by atoms with van der Waals surface area (Å²) in [7, 11) is 1.76. The summed E-state index contributed by atoms with van der Waals surface area (Å²) in [5, 5.41) is 9.33. The maximum absolute atomic E-state index is 13.5. The summed E-state index contributed by atoms with van der Waals surface area (Å²) < 4.78 is 15.1. The van der Waals surface area contributed by atoms with Gasteiger partial charge in [-0.1, -0.05) is 12.1 Å². The van der Waals surface area contributed by atoms with Crippen LogP contribution in [0.15, 0.2) is 18.5 Å². The smallest absolute Gasteiger partial charge is 0.315 e. The van der Waals surface area contributed by atoms with Gasteiger partial charge < -0.3 is 10.6 Å². The molecule has 1 aromatic carbocycles. The zero-order valence-corrected chi connectivity index (χ0v) is 12.3. The van der Waals surface area contributed by atoms with Crippen molar-refractivity contribution in [3.05, 3.63) is 46.8 Å². The van der Waals surface area contributed by atoms with Gasteiger partial charge in [-0.2, -0.15) is 5.10 Å². The number of carbonyl (C=O) groups excluding carboxylic acids is 1. The third kappa shape index (κ3) is 3.77. The average Bonchev–Trinajstić information content (AvgIpc) is 2.85. The van der Waals surface area contributed by atoms with Crippen LogP contribution in [-0.2, 0) is 20.1 Å². The molecule has 0 aliphatic carbocycles. The van der Waals surface area contributed by atoms with E-state index in [1.54, 1.807) is 37.7 Å². The minimum atomic E-state index is -0.308. The summed E-state index contributed by atoms with van der Waals surface area (Å²) in [4.78, 5) is 15.7. The number of hydrogen-bond donors (Lipinski definition) is 2. The van der Waals surface area contributed by atoms with E-state index in [1.807, 2.05) is 0 Å². The van der Waals surface area contributed by atoms with Crippen molar-refractivity contribution >= 4 is 6.03 Å². The third-order valence-corrected chi connectivity index (χ3v) is 3.16. The van der Waals surface area contributed by atoms with Crippen molar-refractivity contribution in [3.8, 4) is 0 Å². The minimum Gasteiger partial charge on any atom is -0.334 e. The van der Waals surface area contributed by atoms with Crippen molar-refractivity contribution in [1.82, 2.24) is 25.4 Å². The quantitative estimate of drug-likeness (QED) is 0.898. The normalized spacial score (nSPS) is 10.5. The number of hydrogen-bond acceptors (Lipinski definition) is 3. The summed E-state index contributed by atoms with van der Waals surface area (Å²) in [6.07, 6.45) is 1.43. The Balaban J connectivity index is 1.85. The molecule has 2 aromatic rings. The van der Waals surface area contributed by atoms with Crippen molar-refractivity contribution in [2.24, 2.45) is 7.05 Å². The van der Waals surface area contributed by atoms with Crippen LogP contribution in [0.1, 0.15) is 22.5 Å². The fraction of sp³-hybridized carbons (Fsp3) is 0.357. The summed E-state index contributed by atoms with van der Waals surface area (Å²) in [5.41, 5.74) is 2.01. The summed E-state index contributed by atoms with van der Waals surface area (Å²) in [6, 6.07) is 3.15. The molecule has 2 N–H and O–H groups in total. The van der Waals surface area contributed by atoms with Crippen molar-refractivity contribution in [3.63, 3.8) is 0 Å². The van der Waals surface area contributed by atoms with E-state index in [0.717, 1.165) is 5.56 Å². The molecule has 0 fully saturated rings. The van der Waals surface area contributed by atoms with Gasteiger partial charge in [0, 0.05) is 13.6 Å². The zero-order chi connectivity index (χ0) is 15.4. The van der Waals surface area contributed by atoms with Crippen LogP contribution in [0.2, 0.25) is 0 Å². The topological polar surface area (TPSA) is 71.8 Å². The molecular weight excluding hydrogens is 273 g/mol. The van der Waals surface area contributed by atoms with E-state index in [0.29, 0.717) is 30.0 Å². The molecule has 112 valence electrons. The van der Waals surface area contributed by atoms with E-state index in [1.165, 1.54) is 6.33 Å². The van der Waals surface area contributed by atoms with Gasteiger partial charge in [-0.15, -0.1) is 0 Å². The molecular formula is C14H18FN5O. The summed E-state index contributed by atoms with van der Waals surface area (Å²) in [6.45, 7) is 4.05. The van der Waals surface area contributed by atoms with Crippen LogP contribution in [-0.4, -0.2) is 20.8 Å². The van der Waals surface area contributed by atoms with Gasteiger partial charge in [0.05, 0.1) is 6.54 Å². The van der Waals surface area contributed by atoms with Crippen LogP contribution in [0.25, 0.3) is 0 Å². The molecule has 1 heterocycles. The molecule has 0 saturated carbocycles. The van der Waals surface area contributed by atoms with Gasteiger partial charge in [0.15, 0.2) is 0 Å². The molecule has 0 saturated heterocycles. The molecule has 2 amide bonds. The fourth-order valence-corrected chi connectivity index (χ4v) is 2.02. The van der Waals surface area contributed by atoms with Gasteiger partial charge >= 0.3 is 6.03 Å². The Kier molecular flexibility index (Phi) is 4.52. The Hall–Kier alpha value is -2.44. The molecule has 6 nitrogen and oxygen atoms in total. The monoisotopic (exact) mass is 291 g/mol. The molecule has 0 unspecified atom stereocenters. The fourth-order valence-electron chi connectivity index (χ4n) is 2.02. The molecule has 1 aromatic heterocycles. The van der Waals surface area contributed by atoms with Gasteiger partial charge in [-0.3, -0.25) is 4.68 Å². The lowest BCUT2D eigenvalue weighted by atomic mass is 10.1. The van der Waals surface area contributed by atoms with Gasteiger partial charge in [-0.05, 0) is 30.5 Å². The number of rotatable bonds is 4. The van der Waals surface area contributed by atoms with Crippen LogP contribution in [0.4, 0.5) is 9.18 Å².